The van der Waals surface area contributed by atoms with Crippen molar-refractivity contribution in [3.8, 4) is 0 Å². The minimum absolute atomic E-state index is 0. The van der Waals surface area contributed by atoms with Gasteiger partial charge in [-0.3, -0.25) is 0 Å². The number of halogens is 1. The van der Waals surface area contributed by atoms with Crippen molar-refractivity contribution in [2.24, 2.45) is 0 Å². The van der Waals surface area contributed by atoms with E-state index < -0.39 is 0 Å². The summed E-state index contributed by atoms with van der Waals surface area (Å²) >= 11 is 3.50. The number of hydrogen-bond acceptors (Lipinski definition) is 2. The molecular formula is C27H33BrLi2O2Zn. The first kappa shape index (κ1) is 37.4. The molecule has 0 aliphatic heterocycles. The van der Waals surface area contributed by atoms with Crippen LogP contribution in [0.1, 0.15) is 48.8 Å². The van der Waals surface area contributed by atoms with Gasteiger partial charge in [-0.2, -0.15) is 18.8 Å². The third-order valence-corrected chi connectivity index (χ3v) is 5.10. The van der Waals surface area contributed by atoms with Gasteiger partial charge in [-0.1, -0.05) is 110 Å². The predicted octanol–water partition coefficient (Wildman–Crippen LogP) is 1.08. The molecule has 4 rings (SSSR count). The first-order chi connectivity index (χ1) is 14.7. The molecule has 0 bridgehead atoms. The molecular weight excluding hydrogens is 515 g/mol. The Morgan fingerprint density at radius 1 is 0.788 bits per heavy atom. The maximum absolute atomic E-state index is 8.54. The van der Waals surface area contributed by atoms with E-state index in [2.05, 4.69) is 60.1 Å². The van der Waals surface area contributed by atoms with E-state index in [-0.39, 0.29) is 70.4 Å². The minimum atomic E-state index is 0. The molecule has 0 unspecified atom stereocenters. The summed E-state index contributed by atoms with van der Waals surface area (Å²) in [5, 5.41) is 17.1. The number of benzene rings is 3. The number of aliphatic hydroxyl groups is 2. The van der Waals surface area contributed by atoms with Gasteiger partial charge in [-0.15, -0.1) is 0 Å². The molecule has 2 N–H and O–H groups in total. The Kier molecular flexibility index (Phi) is 28.3. The third-order valence-electron chi connectivity index (χ3n) is 4.22. The fourth-order valence-corrected chi connectivity index (χ4v) is 2.88. The molecule has 3 aromatic rings. The second-order valence-electron chi connectivity index (χ2n) is 6.76. The van der Waals surface area contributed by atoms with Crippen LogP contribution < -0.4 is 37.7 Å². The topological polar surface area (TPSA) is 40.5 Å². The molecule has 0 amide bonds. The SMILES string of the molecule is Br[C-]1C[C@H]1c1ccccc1.OCc1ccccc1.OCc1ccccc1.[CH2-]CCC.[Li+].[Li+].[Zn]. The van der Waals surface area contributed by atoms with Crippen LogP contribution in [0.3, 0.4) is 0 Å². The van der Waals surface area contributed by atoms with Crippen LogP contribution in [-0.4, -0.2) is 10.2 Å². The quantitative estimate of drug-likeness (QED) is 0.379. The number of hydrogen-bond donors (Lipinski definition) is 2. The van der Waals surface area contributed by atoms with Crippen molar-refractivity contribution >= 4 is 15.9 Å². The summed E-state index contributed by atoms with van der Waals surface area (Å²) in [5.41, 5.74) is 3.37. The molecule has 1 saturated carbocycles. The van der Waals surface area contributed by atoms with E-state index in [4.69, 9.17) is 10.2 Å². The van der Waals surface area contributed by atoms with Gasteiger partial charge in [0.05, 0.1) is 13.2 Å². The van der Waals surface area contributed by atoms with Crippen LogP contribution in [0.5, 0.6) is 0 Å². The minimum Gasteiger partial charge on any atom is -0.392 e. The maximum atomic E-state index is 8.54. The van der Waals surface area contributed by atoms with Crippen molar-refractivity contribution in [2.45, 2.75) is 45.3 Å². The van der Waals surface area contributed by atoms with Gasteiger partial charge in [-0.05, 0) is 11.1 Å². The normalized spacial score (nSPS) is 12.8. The van der Waals surface area contributed by atoms with Crippen molar-refractivity contribution in [2.75, 3.05) is 0 Å². The fourth-order valence-electron chi connectivity index (χ4n) is 2.29. The molecule has 0 spiro atoms. The smallest absolute Gasteiger partial charge is 0.392 e. The van der Waals surface area contributed by atoms with Crippen molar-refractivity contribution in [1.82, 2.24) is 0 Å². The molecule has 0 aromatic heterocycles. The Bertz CT molecular complexity index is 723. The van der Waals surface area contributed by atoms with Crippen LogP contribution in [-0.2, 0) is 32.7 Å². The summed E-state index contributed by atoms with van der Waals surface area (Å²) in [6.45, 7) is 6.00. The Morgan fingerprint density at radius 2 is 1.09 bits per heavy atom. The monoisotopic (exact) mass is 546 g/mol. The van der Waals surface area contributed by atoms with E-state index in [0.29, 0.717) is 5.92 Å². The van der Waals surface area contributed by atoms with Crippen LogP contribution in [0.2, 0.25) is 0 Å². The average molecular weight is 549 g/mol. The molecule has 1 aliphatic rings. The number of aliphatic hydroxyl groups excluding tert-OH is 2. The molecule has 2 nitrogen and oxygen atoms in total. The van der Waals surface area contributed by atoms with Crippen LogP contribution in [0.4, 0.5) is 0 Å². The summed E-state index contributed by atoms with van der Waals surface area (Å²) in [5.74, 6) is 0.709. The van der Waals surface area contributed by atoms with E-state index >= 15 is 0 Å². The number of rotatable bonds is 4. The summed E-state index contributed by atoms with van der Waals surface area (Å²) in [6, 6.07) is 29.6. The van der Waals surface area contributed by atoms with E-state index in [1.165, 1.54) is 23.2 Å². The van der Waals surface area contributed by atoms with Crippen LogP contribution in [0, 0.1) is 11.8 Å². The van der Waals surface area contributed by atoms with Gasteiger partial charge in [0.15, 0.2) is 0 Å². The van der Waals surface area contributed by atoms with Gasteiger partial charge < -0.3 is 33.1 Å². The molecule has 1 aliphatic carbocycles. The van der Waals surface area contributed by atoms with Crippen LogP contribution in [0.15, 0.2) is 91.0 Å². The van der Waals surface area contributed by atoms with Gasteiger partial charge in [0.1, 0.15) is 0 Å². The van der Waals surface area contributed by atoms with E-state index in [1.807, 2.05) is 60.7 Å². The maximum Gasteiger partial charge on any atom is 1.00 e. The van der Waals surface area contributed by atoms with E-state index in [9.17, 15) is 0 Å². The van der Waals surface area contributed by atoms with Gasteiger partial charge in [0, 0.05) is 19.5 Å². The average Bonchev–Trinajstić information content (AvgIpc) is 3.58. The zero-order valence-corrected chi connectivity index (χ0v) is 25.0. The summed E-state index contributed by atoms with van der Waals surface area (Å²) < 4.78 is 0. The predicted molar refractivity (Wildman–Crippen MR) is 131 cm³/mol. The molecule has 1 fully saturated rings. The molecule has 3 aromatic carbocycles. The van der Waals surface area contributed by atoms with Crippen molar-refractivity contribution in [1.29, 1.82) is 0 Å². The molecule has 164 valence electrons. The van der Waals surface area contributed by atoms with Crippen molar-refractivity contribution in [3.05, 3.63) is 119 Å². The molecule has 6 heteroatoms. The second-order valence-corrected chi connectivity index (χ2v) is 7.77. The molecule has 33 heavy (non-hydrogen) atoms. The molecule has 1 atom stereocenters. The fraction of sp³-hybridized carbons (Fsp3) is 0.259. The first-order valence-electron chi connectivity index (χ1n) is 10.3. The summed E-state index contributed by atoms with van der Waals surface area (Å²) in [4.78, 5) is 1.44. The Hall–Kier alpha value is -0.122. The van der Waals surface area contributed by atoms with Gasteiger partial charge in [-0.25, -0.2) is 4.83 Å². The standard InChI is InChI=1S/C9H8Br.2C7H8O.C4H9.2Li.Zn/c10-9-6-8(9)7-4-2-1-3-5-7;2*8-6-7-4-2-1-3-5-7;1-3-4-2;;;/h1-5,8H,6H2;2*1-5,8H,6H2;1,3-4H2,2H3;;;/q-1;;;-1;2*+1;/t8-;;;;;;/m0....../s1. The van der Waals surface area contributed by atoms with Gasteiger partial charge >= 0.3 is 37.7 Å². The van der Waals surface area contributed by atoms with E-state index in [1.54, 1.807) is 0 Å². The zero-order chi connectivity index (χ0) is 22.0. The van der Waals surface area contributed by atoms with E-state index in [0.717, 1.165) is 17.5 Å². The van der Waals surface area contributed by atoms with Gasteiger partial charge in [0.2, 0.25) is 0 Å². The Labute approximate surface area is 246 Å². The zero-order valence-electron chi connectivity index (χ0n) is 20.5. The van der Waals surface area contributed by atoms with Crippen molar-refractivity contribution in [3.63, 3.8) is 0 Å². The molecule has 0 saturated heterocycles. The Balaban J connectivity index is -0.000000367. The van der Waals surface area contributed by atoms with Gasteiger partial charge in [0.25, 0.3) is 0 Å². The van der Waals surface area contributed by atoms with Crippen molar-refractivity contribution < 1.29 is 67.4 Å². The Morgan fingerprint density at radius 3 is 1.30 bits per heavy atom. The second kappa shape index (κ2) is 25.0. The third kappa shape index (κ3) is 18.8. The first-order valence-corrected chi connectivity index (χ1v) is 11.1. The van der Waals surface area contributed by atoms with Crippen LogP contribution >= 0.6 is 15.9 Å². The largest absolute Gasteiger partial charge is 1.00 e. The van der Waals surface area contributed by atoms with Crippen LogP contribution in [0.25, 0.3) is 0 Å². The number of unbranched alkanes of at least 4 members (excludes halogenated alkanes) is 1. The summed E-state index contributed by atoms with van der Waals surface area (Å²) in [7, 11) is 0. The summed E-state index contributed by atoms with van der Waals surface area (Å²) in [6.07, 6.45) is 3.50. The molecule has 0 radical (unpaired) electrons. The molecule has 0 heterocycles.